The van der Waals surface area contributed by atoms with Gasteiger partial charge in [0.1, 0.15) is 18.7 Å². The Morgan fingerprint density at radius 2 is 2.05 bits per heavy atom. The van der Waals surface area contributed by atoms with Crippen molar-refractivity contribution in [1.29, 1.82) is 5.26 Å². The summed E-state index contributed by atoms with van der Waals surface area (Å²) in [6, 6.07) is 14.9. The Kier molecular flexibility index (Phi) is 8.61. The van der Waals surface area contributed by atoms with Crippen LogP contribution < -0.4 is 9.64 Å². The molecule has 1 aromatic heterocycles. The fraction of sp³-hybridized carbons (Fsp3) is 0.469. The largest absolute Gasteiger partial charge is 0.462 e. The van der Waals surface area contributed by atoms with E-state index < -0.39 is 6.23 Å². The first kappa shape index (κ1) is 28.8. The molecule has 6 rings (SSSR count). The maximum Gasteiger partial charge on any atom is 0.318 e. The molecule has 0 radical (unpaired) electrons. The number of benzene rings is 2. The van der Waals surface area contributed by atoms with Gasteiger partial charge in [0.25, 0.3) is 0 Å². The topological polar surface area (TPSA) is 98.0 Å². The molecule has 1 unspecified atom stereocenters. The molecule has 2 saturated heterocycles. The van der Waals surface area contributed by atoms with Gasteiger partial charge >= 0.3 is 6.01 Å². The third-order valence-electron chi connectivity index (χ3n) is 8.87. The number of anilines is 1. The normalized spacial score (nSPS) is 23.9. The molecule has 3 aliphatic heterocycles. The Bertz CT molecular complexity index is 1490. The fourth-order valence-corrected chi connectivity index (χ4v) is 6.83. The molecule has 0 amide bonds. The quantitative estimate of drug-likeness (QED) is 0.382. The van der Waals surface area contributed by atoms with Crippen LogP contribution in [-0.2, 0) is 17.8 Å². The molecule has 2 aromatic carbocycles. The van der Waals surface area contributed by atoms with E-state index in [1.54, 1.807) is 0 Å². The van der Waals surface area contributed by atoms with Crippen LogP contribution in [0, 0.1) is 11.3 Å². The number of hydrogen-bond acceptors (Lipinski definition) is 9. The van der Waals surface area contributed by atoms with Crippen molar-refractivity contribution in [2.75, 3.05) is 44.7 Å². The number of halogens is 1. The summed E-state index contributed by atoms with van der Waals surface area (Å²) in [5.74, 6) is 0.778. The highest BCUT2D eigenvalue weighted by Gasteiger charge is 2.35. The van der Waals surface area contributed by atoms with E-state index in [9.17, 15) is 10.4 Å². The first-order valence-corrected chi connectivity index (χ1v) is 15.0. The van der Waals surface area contributed by atoms with Crippen molar-refractivity contribution < 1.29 is 14.6 Å². The molecule has 42 heavy (non-hydrogen) atoms. The number of aromatic nitrogens is 2. The van der Waals surface area contributed by atoms with Crippen molar-refractivity contribution in [2.24, 2.45) is 0 Å². The van der Waals surface area contributed by atoms with Crippen LogP contribution in [-0.4, -0.2) is 83.0 Å². The number of rotatable bonds is 8. The zero-order chi connectivity index (χ0) is 29.2. The van der Waals surface area contributed by atoms with Crippen LogP contribution in [0.1, 0.15) is 42.2 Å². The summed E-state index contributed by atoms with van der Waals surface area (Å²) in [5.41, 5.74) is 2.89. The van der Waals surface area contributed by atoms with Crippen LogP contribution in [0.25, 0.3) is 10.8 Å². The number of fused-ring (bicyclic) bond motifs is 2. The second-order valence-corrected chi connectivity index (χ2v) is 11.8. The molecule has 3 aliphatic rings. The lowest BCUT2D eigenvalue weighted by molar-refractivity contribution is 0.00378. The van der Waals surface area contributed by atoms with Gasteiger partial charge in [-0.2, -0.15) is 15.2 Å². The van der Waals surface area contributed by atoms with Crippen molar-refractivity contribution in [2.45, 2.75) is 56.7 Å². The van der Waals surface area contributed by atoms with Gasteiger partial charge in [-0.05, 0) is 49.5 Å². The van der Waals surface area contributed by atoms with E-state index in [1.807, 2.05) is 23.1 Å². The lowest BCUT2D eigenvalue weighted by Crippen LogP contribution is -2.56. The Labute approximate surface area is 251 Å². The number of ether oxygens (including phenoxy) is 2. The monoisotopic (exact) mass is 588 g/mol. The van der Waals surface area contributed by atoms with Crippen LogP contribution in [0.15, 0.2) is 49.1 Å². The molecule has 220 valence electrons. The third-order valence-corrected chi connectivity index (χ3v) is 9.19. The van der Waals surface area contributed by atoms with Crippen LogP contribution in [0.3, 0.4) is 0 Å². The van der Waals surface area contributed by atoms with Crippen molar-refractivity contribution >= 4 is 28.2 Å². The minimum Gasteiger partial charge on any atom is -0.462 e. The lowest BCUT2D eigenvalue weighted by Gasteiger charge is -2.43. The molecule has 4 atom stereocenters. The Hall–Kier alpha value is -3.26. The number of nitrogens with zero attached hydrogens (tertiary/aromatic N) is 6. The highest BCUT2D eigenvalue weighted by atomic mass is 35.5. The summed E-state index contributed by atoms with van der Waals surface area (Å²) in [7, 11) is 2.13. The highest BCUT2D eigenvalue weighted by molar-refractivity contribution is 6.35. The van der Waals surface area contributed by atoms with E-state index in [1.165, 1.54) is 6.08 Å². The van der Waals surface area contributed by atoms with E-state index in [2.05, 4.69) is 47.7 Å². The minimum atomic E-state index is -0.802. The molecular weight excluding hydrogens is 552 g/mol. The van der Waals surface area contributed by atoms with Gasteiger partial charge in [0, 0.05) is 54.1 Å². The first-order chi connectivity index (χ1) is 20.5. The standard InChI is InChI=1S/C32H37ClN6O3/c1-3-29(40)39-16-15-38(18-22(39)12-13-34)31-25-20-41-28(24-10-4-7-21-8-5-11-26(33)30(21)24)17-27(25)35-32(36-31)42-19-23-9-6-14-37(23)2/h3-5,7-8,10-11,22-23,28-29,40H,1,6,9,12,14-20H2,2H3/t22-,23+,28+,29?/m1/s1. The van der Waals surface area contributed by atoms with E-state index in [0.29, 0.717) is 56.3 Å². The van der Waals surface area contributed by atoms with Crippen molar-refractivity contribution in [3.05, 3.63) is 70.9 Å². The molecule has 0 saturated carbocycles. The fourth-order valence-electron chi connectivity index (χ4n) is 6.54. The average molecular weight is 589 g/mol. The van der Waals surface area contributed by atoms with Gasteiger partial charge in [-0.3, -0.25) is 4.90 Å². The third kappa shape index (κ3) is 5.70. The SMILES string of the molecule is C=CC(O)N1CCN(c2nc(OC[C@@H]3CCCN3C)nc3c2CO[C@H](c2cccc4cccc(Cl)c24)C3)C[C@H]1CC#N. The predicted molar refractivity (Wildman–Crippen MR) is 163 cm³/mol. The van der Waals surface area contributed by atoms with Crippen molar-refractivity contribution in [1.82, 2.24) is 19.8 Å². The van der Waals surface area contributed by atoms with E-state index in [4.69, 9.17) is 31.0 Å². The molecule has 4 heterocycles. The highest BCUT2D eigenvalue weighted by Crippen LogP contribution is 2.39. The van der Waals surface area contributed by atoms with Crippen LogP contribution >= 0.6 is 11.6 Å². The van der Waals surface area contributed by atoms with Gasteiger partial charge in [0.05, 0.1) is 30.9 Å². The second-order valence-electron chi connectivity index (χ2n) is 11.4. The molecule has 0 spiro atoms. The molecule has 9 nitrogen and oxygen atoms in total. The predicted octanol–water partition coefficient (Wildman–Crippen LogP) is 4.48. The zero-order valence-corrected chi connectivity index (χ0v) is 24.7. The van der Waals surface area contributed by atoms with E-state index in [0.717, 1.165) is 52.8 Å². The van der Waals surface area contributed by atoms with Crippen LogP contribution in [0.2, 0.25) is 5.02 Å². The lowest BCUT2D eigenvalue weighted by atomic mass is 9.94. The van der Waals surface area contributed by atoms with Crippen LogP contribution in [0.5, 0.6) is 6.01 Å². The van der Waals surface area contributed by atoms with Gasteiger partial charge in [0.2, 0.25) is 0 Å². The average Bonchev–Trinajstić information content (AvgIpc) is 3.43. The summed E-state index contributed by atoms with van der Waals surface area (Å²) in [4.78, 5) is 16.3. The minimum absolute atomic E-state index is 0.172. The number of hydrogen-bond donors (Lipinski definition) is 1. The van der Waals surface area contributed by atoms with Gasteiger partial charge in [-0.1, -0.05) is 48.5 Å². The van der Waals surface area contributed by atoms with Gasteiger partial charge in [-0.15, -0.1) is 0 Å². The maximum atomic E-state index is 10.5. The van der Waals surface area contributed by atoms with Crippen molar-refractivity contribution in [3.8, 4) is 12.1 Å². The summed E-state index contributed by atoms with van der Waals surface area (Å²) < 4.78 is 12.8. The van der Waals surface area contributed by atoms with Gasteiger partial charge < -0.3 is 24.4 Å². The number of aliphatic hydroxyl groups excluding tert-OH is 1. The summed E-state index contributed by atoms with van der Waals surface area (Å²) in [6.45, 7) is 7.42. The molecule has 10 heteroatoms. The van der Waals surface area contributed by atoms with Crippen molar-refractivity contribution in [3.63, 3.8) is 0 Å². The van der Waals surface area contributed by atoms with Gasteiger partial charge in [0.15, 0.2) is 0 Å². The van der Waals surface area contributed by atoms with E-state index in [-0.39, 0.29) is 18.6 Å². The number of aliphatic hydroxyl groups is 1. The molecule has 0 bridgehead atoms. The molecule has 1 N–H and O–H groups in total. The summed E-state index contributed by atoms with van der Waals surface area (Å²) in [6.07, 6.45) is 3.58. The number of likely N-dealkylation sites (N-methyl/N-ethyl adjacent to an activating group) is 1. The Morgan fingerprint density at radius 1 is 1.21 bits per heavy atom. The maximum absolute atomic E-state index is 10.5. The Morgan fingerprint density at radius 3 is 2.81 bits per heavy atom. The zero-order valence-electron chi connectivity index (χ0n) is 24.0. The van der Waals surface area contributed by atoms with E-state index >= 15 is 0 Å². The Balaban J connectivity index is 1.34. The number of likely N-dealkylation sites (tertiary alicyclic amines) is 1. The summed E-state index contributed by atoms with van der Waals surface area (Å²) in [5, 5.41) is 22.8. The van der Waals surface area contributed by atoms with Gasteiger partial charge in [-0.25, -0.2) is 0 Å². The number of nitriles is 1. The number of piperazine rings is 1. The molecule has 3 aromatic rings. The second kappa shape index (κ2) is 12.5. The van der Waals surface area contributed by atoms with Crippen LogP contribution in [0.4, 0.5) is 5.82 Å². The summed E-state index contributed by atoms with van der Waals surface area (Å²) >= 11 is 6.67. The molecular formula is C32H37ClN6O3. The molecule has 2 fully saturated rings. The smallest absolute Gasteiger partial charge is 0.318 e. The molecule has 0 aliphatic carbocycles. The first-order valence-electron chi connectivity index (χ1n) is 14.7.